The smallest absolute Gasteiger partial charge is 0.0434 e. The molecule has 0 bridgehead atoms. The summed E-state index contributed by atoms with van der Waals surface area (Å²) < 4.78 is 1.32. The zero-order valence-electron chi connectivity index (χ0n) is 15.7. The first-order valence-corrected chi connectivity index (χ1v) is 10.0. The highest BCUT2D eigenvalue weighted by molar-refractivity contribution is 7.21. The lowest BCUT2D eigenvalue weighted by molar-refractivity contribution is 1.47. The molecule has 0 fully saturated rings. The van der Waals surface area contributed by atoms with Crippen LogP contribution in [-0.2, 0) is 0 Å². The van der Waals surface area contributed by atoms with Gasteiger partial charge in [0.25, 0.3) is 0 Å². The average molecular weight is 367 g/mol. The van der Waals surface area contributed by atoms with Crippen LogP contribution >= 0.6 is 11.3 Å². The van der Waals surface area contributed by atoms with Crippen LogP contribution < -0.4 is 0 Å². The number of thiophene rings is 1. The summed E-state index contributed by atoms with van der Waals surface area (Å²) in [5, 5.41) is 1.28. The molecule has 1 aromatic heterocycles. The van der Waals surface area contributed by atoms with Crippen molar-refractivity contribution >= 4 is 33.1 Å². The predicted molar refractivity (Wildman–Crippen MR) is 121 cm³/mol. The van der Waals surface area contributed by atoms with Crippen molar-refractivity contribution in [3.05, 3.63) is 107 Å². The highest BCUT2D eigenvalue weighted by Crippen LogP contribution is 2.43. The molecule has 4 rings (SSSR count). The van der Waals surface area contributed by atoms with Crippen LogP contribution in [0.5, 0.6) is 0 Å². The molecule has 3 aromatic carbocycles. The molecule has 0 spiro atoms. The summed E-state index contributed by atoms with van der Waals surface area (Å²) in [5.74, 6) is 0. The van der Waals surface area contributed by atoms with Crippen LogP contribution in [0, 0.1) is 6.92 Å². The van der Waals surface area contributed by atoms with Crippen molar-refractivity contribution < 1.29 is 0 Å². The molecule has 27 heavy (non-hydrogen) atoms. The first-order chi connectivity index (χ1) is 13.2. The van der Waals surface area contributed by atoms with Gasteiger partial charge in [0.2, 0.25) is 0 Å². The normalized spacial score (nSPS) is 11.7. The Morgan fingerprint density at radius 2 is 1.63 bits per heavy atom. The summed E-state index contributed by atoms with van der Waals surface area (Å²) in [4.78, 5) is 1.29. The fraction of sp³-hybridized carbons (Fsp3) is 0.0769. The standard InChI is InChI=1S/C26H22S/c1-4-21(19-10-7-6-8-11-19)25-22(5-2)24-13-9-12-23(26(24)27-25)20-16-14-18(3)15-17-20/h4-17H,2H2,1,3H3/b21-4-. The lowest BCUT2D eigenvalue weighted by atomic mass is 9.97. The quantitative estimate of drug-likeness (QED) is 0.343. The molecule has 1 heteroatoms. The molecule has 0 amide bonds. The molecular weight excluding hydrogens is 344 g/mol. The van der Waals surface area contributed by atoms with Gasteiger partial charge in [-0.25, -0.2) is 0 Å². The maximum atomic E-state index is 4.12. The fourth-order valence-electron chi connectivity index (χ4n) is 3.55. The minimum Gasteiger partial charge on any atom is -0.134 e. The van der Waals surface area contributed by atoms with Crippen LogP contribution in [0.2, 0.25) is 0 Å². The lowest BCUT2D eigenvalue weighted by Crippen LogP contribution is -1.86. The molecule has 132 valence electrons. The van der Waals surface area contributed by atoms with Gasteiger partial charge < -0.3 is 0 Å². The molecule has 0 N–H and O–H groups in total. The van der Waals surface area contributed by atoms with Crippen molar-refractivity contribution in [2.24, 2.45) is 0 Å². The summed E-state index contributed by atoms with van der Waals surface area (Å²) in [6.45, 7) is 8.36. The molecule has 0 aliphatic rings. The van der Waals surface area contributed by atoms with Crippen molar-refractivity contribution in [1.29, 1.82) is 0 Å². The highest BCUT2D eigenvalue weighted by Gasteiger charge is 2.17. The third kappa shape index (κ3) is 3.15. The zero-order chi connectivity index (χ0) is 18.8. The molecule has 0 atom stereocenters. The second kappa shape index (κ2) is 7.38. The number of allylic oxidation sites excluding steroid dienone is 1. The number of hydrogen-bond acceptors (Lipinski definition) is 1. The van der Waals surface area contributed by atoms with Crippen LogP contribution in [0.25, 0.3) is 32.9 Å². The Labute approximate surface area is 165 Å². The van der Waals surface area contributed by atoms with E-state index >= 15 is 0 Å². The monoisotopic (exact) mass is 366 g/mol. The first kappa shape index (κ1) is 17.5. The number of hydrogen-bond donors (Lipinski definition) is 0. The Morgan fingerprint density at radius 1 is 0.889 bits per heavy atom. The topological polar surface area (TPSA) is 0 Å². The van der Waals surface area contributed by atoms with E-state index in [4.69, 9.17) is 0 Å². The van der Waals surface area contributed by atoms with Gasteiger partial charge in [-0.1, -0.05) is 97.1 Å². The molecule has 4 aromatic rings. The van der Waals surface area contributed by atoms with Gasteiger partial charge >= 0.3 is 0 Å². The second-order valence-electron chi connectivity index (χ2n) is 6.67. The number of aryl methyl sites for hydroxylation is 1. The minimum atomic E-state index is 1.22. The summed E-state index contributed by atoms with van der Waals surface area (Å²) in [6, 6.07) is 26.0. The van der Waals surface area contributed by atoms with Gasteiger partial charge in [0, 0.05) is 20.5 Å². The lowest BCUT2D eigenvalue weighted by Gasteiger charge is -2.06. The fourth-order valence-corrected chi connectivity index (χ4v) is 4.98. The molecule has 0 nitrogen and oxygen atoms in total. The van der Waals surface area contributed by atoms with Gasteiger partial charge in [0.15, 0.2) is 0 Å². The van der Waals surface area contributed by atoms with Crippen LogP contribution in [-0.4, -0.2) is 0 Å². The van der Waals surface area contributed by atoms with Gasteiger partial charge in [-0.05, 0) is 36.1 Å². The van der Waals surface area contributed by atoms with Crippen molar-refractivity contribution in [2.75, 3.05) is 0 Å². The van der Waals surface area contributed by atoms with E-state index in [1.807, 2.05) is 17.4 Å². The molecule has 0 radical (unpaired) electrons. The number of rotatable bonds is 4. The van der Waals surface area contributed by atoms with Gasteiger partial charge in [0.1, 0.15) is 0 Å². The van der Waals surface area contributed by atoms with Gasteiger partial charge in [-0.3, -0.25) is 0 Å². The third-order valence-corrected chi connectivity index (χ3v) is 6.23. The molecule has 0 unspecified atom stereocenters. The Balaban J connectivity index is 1.97. The predicted octanol–water partition coefficient (Wildman–Crippen LogP) is 7.97. The van der Waals surface area contributed by atoms with Crippen molar-refractivity contribution in [1.82, 2.24) is 0 Å². The van der Waals surface area contributed by atoms with Crippen LogP contribution in [0.15, 0.2) is 85.5 Å². The van der Waals surface area contributed by atoms with E-state index in [0.29, 0.717) is 0 Å². The average Bonchev–Trinajstić information content (AvgIpc) is 3.08. The van der Waals surface area contributed by atoms with Crippen LogP contribution in [0.3, 0.4) is 0 Å². The van der Waals surface area contributed by atoms with E-state index in [1.54, 1.807) is 0 Å². The largest absolute Gasteiger partial charge is 0.134 e. The van der Waals surface area contributed by atoms with Crippen molar-refractivity contribution in [3.63, 3.8) is 0 Å². The maximum Gasteiger partial charge on any atom is 0.0434 e. The Hall–Kier alpha value is -2.90. The first-order valence-electron chi connectivity index (χ1n) is 9.20. The SMILES string of the molecule is C=Cc1c(/C(=C\C)c2ccccc2)sc2c(-c3ccc(C)cc3)cccc12. The van der Waals surface area contributed by atoms with Gasteiger partial charge in [0.05, 0.1) is 0 Å². The molecule has 1 heterocycles. The van der Waals surface area contributed by atoms with Gasteiger partial charge in [-0.15, -0.1) is 11.3 Å². The minimum absolute atomic E-state index is 1.22. The van der Waals surface area contributed by atoms with E-state index in [2.05, 4.69) is 99.3 Å². The van der Waals surface area contributed by atoms with E-state index in [9.17, 15) is 0 Å². The summed E-state index contributed by atoms with van der Waals surface area (Å²) >= 11 is 1.86. The van der Waals surface area contributed by atoms with E-state index in [0.717, 1.165) is 0 Å². The molecule has 0 saturated heterocycles. The van der Waals surface area contributed by atoms with Crippen LogP contribution in [0.1, 0.15) is 28.5 Å². The Bertz CT molecular complexity index is 1130. The van der Waals surface area contributed by atoms with E-state index in [1.165, 1.54) is 48.4 Å². The Morgan fingerprint density at radius 3 is 2.30 bits per heavy atom. The van der Waals surface area contributed by atoms with Crippen molar-refractivity contribution in [3.8, 4) is 11.1 Å². The van der Waals surface area contributed by atoms with Gasteiger partial charge in [-0.2, -0.15) is 0 Å². The van der Waals surface area contributed by atoms with Crippen molar-refractivity contribution in [2.45, 2.75) is 13.8 Å². The number of fused-ring (bicyclic) bond motifs is 1. The maximum absolute atomic E-state index is 4.12. The van der Waals surface area contributed by atoms with Crippen LogP contribution in [0.4, 0.5) is 0 Å². The molecule has 0 aliphatic carbocycles. The summed E-state index contributed by atoms with van der Waals surface area (Å²) in [7, 11) is 0. The second-order valence-corrected chi connectivity index (χ2v) is 7.69. The molecular formula is C26H22S. The van der Waals surface area contributed by atoms with E-state index < -0.39 is 0 Å². The summed E-state index contributed by atoms with van der Waals surface area (Å²) in [6.07, 6.45) is 4.21. The summed E-state index contributed by atoms with van der Waals surface area (Å²) in [5.41, 5.74) is 7.56. The Kier molecular flexibility index (Phi) is 4.79. The highest BCUT2D eigenvalue weighted by atomic mass is 32.1. The third-order valence-electron chi connectivity index (χ3n) is 4.94. The molecule has 0 saturated carbocycles. The number of benzene rings is 3. The molecule has 0 aliphatic heterocycles. The zero-order valence-corrected chi connectivity index (χ0v) is 16.5. The van der Waals surface area contributed by atoms with E-state index in [-0.39, 0.29) is 0 Å².